The highest BCUT2D eigenvalue weighted by Gasteiger charge is 2.26. The van der Waals surface area contributed by atoms with Crippen LogP contribution >= 0.6 is 0 Å². The number of benzene rings is 1. The van der Waals surface area contributed by atoms with Crippen molar-refractivity contribution >= 4 is 16.9 Å². The number of carbonyl (C=O) groups excluding carboxylic acids is 1. The van der Waals surface area contributed by atoms with E-state index < -0.39 is 0 Å². The number of carbonyl (C=O) groups is 1. The van der Waals surface area contributed by atoms with Gasteiger partial charge in [0.1, 0.15) is 18.5 Å². The van der Waals surface area contributed by atoms with Gasteiger partial charge in [0.15, 0.2) is 0 Å². The summed E-state index contributed by atoms with van der Waals surface area (Å²) in [5, 5.41) is 0.893. The predicted molar refractivity (Wildman–Crippen MR) is 74.1 cm³/mol. The molecule has 2 aromatic rings. The van der Waals surface area contributed by atoms with E-state index in [2.05, 4.69) is 4.98 Å². The number of aromatic amines is 1. The topological polar surface area (TPSA) is 68.4 Å². The van der Waals surface area contributed by atoms with E-state index in [-0.39, 0.29) is 24.2 Å². The molecule has 0 radical (unpaired) electrons. The zero-order valence-corrected chi connectivity index (χ0v) is 11.4. The molecule has 5 heteroatoms. The summed E-state index contributed by atoms with van der Waals surface area (Å²) in [6, 6.07) is 5.28. The summed E-state index contributed by atoms with van der Waals surface area (Å²) in [6.07, 6.45) is 0.546. The van der Waals surface area contributed by atoms with Crippen molar-refractivity contribution in [1.82, 2.24) is 4.98 Å². The molecule has 1 aromatic carbocycles. The number of aryl methyl sites for hydroxylation is 1. The summed E-state index contributed by atoms with van der Waals surface area (Å²) in [5.74, 6) is 0.467. The van der Waals surface area contributed by atoms with Gasteiger partial charge < -0.3 is 14.5 Å². The molecular formula is C15H15NO4. The number of esters is 1. The number of fused-ring (bicyclic) bond motifs is 3. The lowest BCUT2D eigenvalue weighted by atomic mass is 10.0. The Labute approximate surface area is 115 Å². The highest BCUT2D eigenvalue weighted by atomic mass is 16.6. The molecule has 0 aliphatic carbocycles. The number of H-pyrrole nitrogens is 1. The maximum Gasteiger partial charge on any atom is 0.302 e. The van der Waals surface area contributed by atoms with E-state index in [1.807, 2.05) is 13.0 Å². The maximum atomic E-state index is 11.4. The monoisotopic (exact) mass is 273 g/mol. The lowest BCUT2D eigenvalue weighted by Crippen LogP contribution is -2.21. The van der Waals surface area contributed by atoms with E-state index in [1.165, 1.54) is 13.0 Å². The van der Waals surface area contributed by atoms with E-state index in [1.54, 1.807) is 6.07 Å². The van der Waals surface area contributed by atoms with E-state index in [4.69, 9.17) is 9.47 Å². The lowest BCUT2D eigenvalue weighted by molar-refractivity contribution is -0.143. The van der Waals surface area contributed by atoms with Gasteiger partial charge in [0, 0.05) is 24.8 Å². The van der Waals surface area contributed by atoms with Gasteiger partial charge in [-0.2, -0.15) is 0 Å². The zero-order chi connectivity index (χ0) is 14.3. The van der Waals surface area contributed by atoms with Crippen LogP contribution in [0.1, 0.15) is 18.1 Å². The molecule has 1 atom stereocenters. The first kappa shape index (κ1) is 12.7. The van der Waals surface area contributed by atoms with Crippen LogP contribution in [0.15, 0.2) is 23.0 Å². The standard InChI is InChI=1S/C15H15NO4/c1-8-5-10-6-11(7-19-9(2)17)20-15(10)12-3-4-13(18)16-14(8)12/h3-5,11H,6-7H2,1-2H3,(H,16,18). The minimum Gasteiger partial charge on any atom is -0.486 e. The second-order valence-corrected chi connectivity index (χ2v) is 5.04. The Morgan fingerprint density at radius 1 is 1.50 bits per heavy atom. The molecule has 20 heavy (non-hydrogen) atoms. The molecule has 1 unspecified atom stereocenters. The highest BCUT2D eigenvalue weighted by Crippen LogP contribution is 2.37. The zero-order valence-electron chi connectivity index (χ0n) is 11.4. The van der Waals surface area contributed by atoms with Crippen LogP contribution in [-0.2, 0) is 16.0 Å². The van der Waals surface area contributed by atoms with Crippen molar-refractivity contribution in [3.63, 3.8) is 0 Å². The fourth-order valence-corrected chi connectivity index (χ4v) is 2.59. The Morgan fingerprint density at radius 2 is 2.30 bits per heavy atom. The van der Waals surface area contributed by atoms with E-state index >= 15 is 0 Å². The summed E-state index contributed by atoms with van der Waals surface area (Å²) in [7, 11) is 0. The molecule has 5 nitrogen and oxygen atoms in total. The molecule has 1 aliphatic rings. The van der Waals surface area contributed by atoms with Gasteiger partial charge in [-0.05, 0) is 24.1 Å². The lowest BCUT2D eigenvalue weighted by Gasteiger charge is -2.11. The Balaban J connectivity index is 1.99. The molecule has 0 spiro atoms. The van der Waals surface area contributed by atoms with Crippen molar-refractivity contribution < 1.29 is 14.3 Å². The number of pyridine rings is 1. The molecular weight excluding hydrogens is 258 g/mol. The van der Waals surface area contributed by atoms with Crippen molar-refractivity contribution in [2.45, 2.75) is 26.4 Å². The number of nitrogens with one attached hydrogen (secondary N) is 1. The molecule has 1 N–H and O–H groups in total. The third-order valence-electron chi connectivity index (χ3n) is 3.44. The van der Waals surface area contributed by atoms with Gasteiger partial charge in [-0.15, -0.1) is 0 Å². The van der Waals surface area contributed by atoms with Gasteiger partial charge in [-0.25, -0.2) is 0 Å². The predicted octanol–water partition coefficient (Wildman–Crippen LogP) is 1.70. The molecule has 1 aliphatic heterocycles. The average Bonchev–Trinajstić information content (AvgIpc) is 2.79. The molecule has 0 bridgehead atoms. The van der Waals surface area contributed by atoms with Crippen molar-refractivity contribution in [3.05, 3.63) is 39.7 Å². The fourth-order valence-electron chi connectivity index (χ4n) is 2.59. The molecule has 2 heterocycles. The van der Waals surface area contributed by atoms with Gasteiger partial charge in [0.2, 0.25) is 5.56 Å². The summed E-state index contributed by atoms with van der Waals surface area (Å²) >= 11 is 0. The molecule has 104 valence electrons. The maximum absolute atomic E-state index is 11.4. The Kier molecular flexibility index (Phi) is 2.97. The third-order valence-corrected chi connectivity index (χ3v) is 3.44. The minimum absolute atomic E-state index is 0.130. The number of aromatic nitrogens is 1. The number of hydrogen-bond donors (Lipinski definition) is 1. The van der Waals surface area contributed by atoms with Crippen LogP contribution in [-0.4, -0.2) is 23.7 Å². The van der Waals surface area contributed by atoms with E-state index in [0.29, 0.717) is 6.42 Å². The molecule has 0 amide bonds. The number of hydrogen-bond acceptors (Lipinski definition) is 4. The van der Waals surface area contributed by atoms with Crippen LogP contribution in [0.4, 0.5) is 0 Å². The quantitative estimate of drug-likeness (QED) is 0.846. The SMILES string of the molecule is CC(=O)OCC1Cc2cc(C)c3[nH]c(=O)ccc3c2O1. The molecule has 0 saturated carbocycles. The van der Waals surface area contributed by atoms with Crippen LogP contribution in [0.5, 0.6) is 5.75 Å². The number of rotatable bonds is 2. The van der Waals surface area contributed by atoms with Gasteiger partial charge >= 0.3 is 5.97 Å². The summed E-state index contributed by atoms with van der Waals surface area (Å²) in [4.78, 5) is 25.1. The Hall–Kier alpha value is -2.30. The van der Waals surface area contributed by atoms with E-state index in [9.17, 15) is 9.59 Å². The van der Waals surface area contributed by atoms with Crippen molar-refractivity contribution in [1.29, 1.82) is 0 Å². The molecule has 0 fully saturated rings. The molecule has 0 saturated heterocycles. The first-order chi connectivity index (χ1) is 9.54. The van der Waals surface area contributed by atoms with Crippen LogP contribution in [0.3, 0.4) is 0 Å². The third kappa shape index (κ3) is 2.15. The van der Waals surface area contributed by atoms with Crippen molar-refractivity contribution in [2.75, 3.05) is 6.61 Å². The second kappa shape index (κ2) is 4.67. The van der Waals surface area contributed by atoms with Gasteiger partial charge in [-0.1, -0.05) is 6.07 Å². The van der Waals surface area contributed by atoms with Gasteiger partial charge in [0.05, 0.1) is 5.52 Å². The van der Waals surface area contributed by atoms with Gasteiger partial charge in [-0.3, -0.25) is 9.59 Å². The van der Waals surface area contributed by atoms with Crippen LogP contribution in [0.25, 0.3) is 10.9 Å². The Morgan fingerprint density at radius 3 is 3.05 bits per heavy atom. The van der Waals surface area contributed by atoms with Crippen LogP contribution < -0.4 is 10.3 Å². The van der Waals surface area contributed by atoms with Crippen molar-refractivity contribution in [3.8, 4) is 5.75 Å². The summed E-state index contributed by atoms with van der Waals surface area (Å²) < 4.78 is 10.9. The summed E-state index contributed by atoms with van der Waals surface area (Å²) in [5.41, 5.74) is 2.76. The minimum atomic E-state index is -0.310. The largest absolute Gasteiger partial charge is 0.486 e. The van der Waals surface area contributed by atoms with Crippen molar-refractivity contribution in [2.24, 2.45) is 0 Å². The smallest absolute Gasteiger partial charge is 0.302 e. The fraction of sp³-hybridized carbons (Fsp3) is 0.333. The van der Waals surface area contributed by atoms with Crippen LogP contribution in [0.2, 0.25) is 0 Å². The second-order valence-electron chi connectivity index (χ2n) is 5.04. The van der Waals surface area contributed by atoms with Gasteiger partial charge in [0.25, 0.3) is 0 Å². The first-order valence-corrected chi connectivity index (χ1v) is 6.50. The molecule has 1 aromatic heterocycles. The average molecular weight is 273 g/mol. The Bertz CT molecular complexity index is 747. The van der Waals surface area contributed by atoms with Crippen LogP contribution in [0, 0.1) is 6.92 Å². The highest BCUT2D eigenvalue weighted by molar-refractivity contribution is 5.89. The number of ether oxygens (including phenoxy) is 2. The summed E-state index contributed by atoms with van der Waals surface area (Å²) in [6.45, 7) is 3.58. The van der Waals surface area contributed by atoms with E-state index in [0.717, 1.165) is 27.8 Å². The first-order valence-electron chi connectivity index (χ1n) is 6.50. The normalized spacial score (nSPS) is 16.8. The molecule has 3 rings (SSSR count).